The van der Waals surface area contributed by atoms with Crippen LogP contribution in [0.3, 0.4) is 0 Å². The molecule has 0 aliphatic carbocycles. The largest absolute Gasteiger partial charge is 0.478 e. The number of aromatic carboxylic acids is 1. The average Bonchev–Trinajstić information content (AvgIpc) is 2.47. The summed E-state index contributed by atoms with van der Waals surface area (Å²) < 4.78 is 5.76. The van der Waals surface area contributed by atoms with Crippen LogP contribution >= 0.6 is 0 Å². The van der Waals surface area contributed by atoms with Gasteiger partial charge in [-0.25, -0.2) is 9.78 Å². The van der Waals surface area contributed by atoms with Gasteiger partial charge in [-0.3, -0.25) is 0 Å². The lowest BCUT2D eigenvalue weighted by Gasteiger charge is -2.16. The van der Waals surface area contributed by atoms with Crippen LogP contribution in [0.25, 0.3) is 0 Å². The summed E-state index contributed by atoms with van der Waals surface area (Å²) in [6.07, 6.45) is 4.58. The first-order valence-corrected chi connectivity index (χ1v) is 7.85. The Morgan fingerprint density at radius 3 is 2.57 bits per heavy atom. The highest BCUT2D eigenvalue weighted by Gasteiger charge is 2.13. The van der Waals surface area contributed by atoms with E-state index >= 15 is 0 Å². The first-order chi connectivity index (χ1) is 9.97. The fraction of sp³-hybridized carbons (Fsp3) is 0.647. The summed E-state index contributed by atoms with van der Waals surface area (Å²) in [6.45, 7) is 8.93. The number of rotatable bonds is 9. The fourth-order valence-electron chi connectivity index (χ4n) is 2.12. The molecule has 1 rings (SSSR count). The Morgan fingerprint density at radius 2 is 2.05 bits per heavy atom. The summed E-state index contributed by atoms with van der Waals surface area (Å²) in [5.74, 6) is 0.159. The number of carboxylic acids is 1. The standard InChI is InChI=1S/C17H27NO3/c1-5-7-8-13(6-2)11-21-16-10-14(17(19)20)9-15(18-16)12(3)4/h9-10,12-13H,5-8,11H2,1-4H3,(H,19,20). The molecule has 0 fully saturated rings. The molecule has 21 heavy (non-hydrogen) atoms. The van der Waals surface area contributed by atoms with Crippen LogP contribution in [-0.4, -0.2) is 22.7 Å². The van der Waals surface area contributed by atoms with E-state index in [2.05, 4.69) is 18.8 Å². The third-order valence-electron chi connectivity index (χ3n) is 3.67. The fourth-order valence-corrected chi connectivity index (χ4v) is 2.12. The van der Waals surface area contributed by atoms with Gasteiger partial charge in [0, 0.05) is 11.8 Å². The first-order valence-electron chi connectivity index (χ1n) is 7.85. The summed E-state index contributed by atoms with van der Waals surface area (Å²) in [5.41, 5.74) is 0.997. The molecule has 1 atom stereocenters. The average molecular weight is 293 g/mol. The molecule has 0 aromatic carbocycles. The molecule has 0 bridgehead atoms. The number of ether oxygens (including phenoxy) is 1. The number of hydrogen-bond donors (Lipinski definition) is 1. The Hall–Kier alpha value is -1.58. The molecule has 1 heterocycles. The molecule has 118 valence electrons. The highest BCUT2D eigenvalue weighted by Crippen LogP contribution is 2.21. The first kappa shape index (κ1) is 17.5. The van der Waals surface area contributed by atoms with E-state index in [0.717, 1.165) is 18.5 Å². The van der Waals surface area contributed by atoms with Crippen LogP contribution in [0.1, 0.15) is 75.3 Å². The van der Waals surface area contributed by atoms with E-state index in [4.69, 9.17) is 4.74 Å². The Morgan fingerprint density at radius 1 is 1.33 bits per heavy atom. The monoisotopic (exact) mass is 293 g/mol. The van der Waals surface area contributed by atoms with Crippen molar-refractivity contribution in [1.29, 1.82) is 0 Å². The molecule has 0 spiro atoms. The van der Waals surface area contributed by atoms with Crippen molar-refractivity contribution in [2.24, 2.45) is 5.92 Å². The number of hydrogen-bond acceptors (Lipinski definition) is 3. The zero-order chi connectivity index (χ0) is 15.8. The van der Waals surface area contributed by atoms with E-state index in [9.17, 15) is 9.90 Å². The number of carboxylic acid groups (broad SMARTS) is 1. The van der Waals surface area contributed by atoms with E-state index in [1.54, 1.807) is 6.07 Å². The van der Waals surface area contributed by atoms with Crippen LogP contribution in [0.5, 0.6) is 5.88 Å². The summed E-state index contributed by atoms with van der Waals surface area (Å²) >= 11 is 0. The van der Waals surface area contributed by atoms with Crippen molar-refractivity contribution in [3.05, 3.63) is 23.4 Å². The van der Waals surface area contributed by atoms with Crippen LogP contribution in [0.15, 0.2) is 12.1 Å². The van der Waals surface area contributed by atoms with Gasteiger partial charge >= 0.3 is 5.97 Å². The Kier molecular flexibility index (Phi) is 7.20. The van der Waals surface area contributed by atoms with E-state index in [1.807, 2.05) is 13.8 Å². The van der Waals surface area contributed by atoms with Gasteiger partial charge in [0.2, 0.25) is 5.88 Å². The second kappa shape index (κ2) is 8.65. The van der Waals surface area contributed by atoms with Gasteiger partial charge in [0.05, 0.1) is 12.2 Å². The lowest BCUT2D eigenvalue weighted by Crippen LogP contribution is -2.13. The highest BCUT2D eigenvalue weighted by molar-refractivity contribution is 5.88. The van der Waals surface area contributed by atoms with Crippen LogP contribution in [0, 0.1) is 5.92 Å². The molecule has 1 unspecified atom stereocenters. The summed E-state index contributed by atoms with van der Waals surface area (Å²) in [7, 11) is 0. The minimum atomic E-state index is -0.942. The van der Waals surface area contributed by atoms with E-state index in [0.29, 0.717) is 18.4 Å². The number of aromatic nitrogens is 1. The second-order valence-corrected chi connectivity index (χ2v) is 5.81. The summed E-state index contributed by atoms with van der Waals surface area (Å²) in [6, 6.07) is 3.13. The predicted octanol–water partition coefficient (Wildman–Crippen LogP) is 4.50. The zero-order valence-corrected chi connectivity index (χ0v) is 13.6. The van der Waals surface area contributed by atoms with Crippen LogP contribution in [-0.2, 0) is 0 Å². The molecule has 4 heteroatoms. The van der Waals surface area contributed by atoms with Crippen molar-refractivity contribution < 1.29 is 14.6 Å². The molecule has 1 N–H and O–H groups in total. The van der Waals surface area contributed by atoms with Crippen molar-refractivity contribution >= 4 is 5.97 Å². The van der Waals surface area contributed by atoms with Gasteiger partial charge in [-0.1, -0.05) is 47.0 Å². The normalized spacial score (nSPS) is 12.4. The molecule has 0 aliphatic heterocycles. The van der Waals surface area contributed by atoms with E-state index in [1.165, 1.54) is 18.9 Å². The molecule has 1 aromatic heterocycles. The van der Waals surface area contributed by atoms with Crippen molar-refractivity contribution in [2.45, 2.75) is 59.3 Å². The maximum absolute atomic E-state index is 11.2. The SMILES string of the molecule is CCCCC(CC)COc1cc(C(=O)O)cc(C(C)C)n1. The number of carbonyl (C=O) groups is 1. The molecular formula is C17H27NO3. The number of nitrogens with zero attached hydrogens (tertiary/aromatic N) is 1. The van der Waals surface area contributed by atoms with Gasteiger partial charge in [-0.05, 0) is 24.3 Å². The topological polar surface area (TPSA) is 59.4 Å². The van der Waals surface area contributed by atoms with Crippen molar-refractivity contribution in [2.75, 3.05) is 6.61 Å². The van der Waals surface area contributed by atoms with Crippen molar-refractivity contribution in [3.63, 3.8) is 0 Å². The molecule has 4 nitrogen and oxygen atoms in total. The lowest BCUT2D eigenvalue weighted by molar-refractivity contribution is 0.0695. The van der Waals surface area contributed by atoms with Gasteiger partial charge in [0.25, 0.3) is 0 Å². The van der Waals surface area contributed by atoms with Crippen LogP contribution < -0.4 is 4.74 Å². The Balaban J connectivity index is 2.79. The maximum Gasteiger partial charge on any atom is 0.335 e. The van der Waals surface area contributed by atoms with Crippen LogP contribution in [0.2, 0.25) is 0 Å². The molecule has 0 aliphatic rings. The van der Waals surface area contributed by atoms with Gasteiger partial charge in [0.1, 0.15) is 0 Å². The smallest absolute Gasteiger partial charge is 0.335 e. The quantitative estimate of drug-likeness (QED) is 0.728. The molecule has 0 radical (unpaired) electrons. The summed E-state index contributed by atoms with van der Waals surface area (Å²) in [5, 5.41) is 9.17. The molecule has 0 saturated carbocycles. The molecule has 0 saturated heterocycles. The minimum absolute atomic E-state index is 0.175. The molecular weight excluding hydrogens is 266 g/mol. The predicted molar refractivity (Wildman–Crippen MR) is 84.1 cm³/mol. The van der Waals surface area contributed by atoms with E-state index in [-0.39, 0.29) is 11.5 Å². The van der Waals surface area contributed by atoms with Gasteiger partial charge in [0.15, 0.2) is 0 Å². The Bertz CT molecular complexity index is 457. The zero-order valence-electron chi connectivity index (χ0n) is 13.6. The second-order valence-electron chi connectivity index (χ2n) is 5.81. The van der Waals surface area contributed by atoms with Gasteiger partial charge < -0.3 is 9.84 Å². The van der Waals surface area contributed by atoms with Gasteiger partial charge in [-0.2, -0.15) is 0 Å². The molecule has 0 amide bonds. The maximum atomic E-state index is 11.2. The summed E-state index contributed by atoms with van der Waals surface area (Å²) in [4.78, 5) is 15.6. The Labute approximate surface area is 127 Å². The van der Waals surface area contributed by atoms with E-state index < -0.39 is 5.97 Å². The van der Waals surface area contributed by atoms with Gasteiger partial charge in [-0.15, -0.1) is 0 Å². The van der Waals surface area contributed by atoms with Crippen molar-refractivity contribution in [1.82, 2.24) is 4.98 Å². The molecule has 1 aromatic rings. The lowest BCUT2D eigenvalue weighted by atomic mass is 10.0. The third kappa shape index (κ3) is 5.74. The number of unbranched alkanes of at least 4 members (excludes halogenated alkanes) is 1. The third-order valence-corrected chi connectivity index (χ3v) is 3.67. The van der Waals surface area contributed by atoms with Crippen molar-refractivity contribution in [3.8, 4) is 5.88 Å². The highest BCUT2D eigenvalue weighted by atomic mass is 16.5. The van der Waals surface area contributed by atoms with Crippen LogP contribution in [0.4, 0.5) is 0 Å². The number of pyridine rings is 1. The minimum Gasteiger partial charge on any atom is -0.478 e.